The molecule has 1 aromatic rings. The van der Waals surface area contributed by atoms with Crippen LogP contribution in [0.4, 0.5) is 23.7 Å². The molecule has 2 N–H and O–H groups in total. The van der Waals surface area contributed by atoms with Crippen molar-refractivity contribution in [3.8, 4) is 5.75 Å². The fourth-order valence-corrected chi connectivity index (χ4v) is 3.33. The van der Waals surface area contributed by atoms with Gasteiger partial charge in [0.1, 0.15) is 5.75 Å². The monoisotopic (exact) mass is 343 g/mol. The van der Waals surface area contributed by atoms with Crippen molar-refractivity contribution in [2.24, 2.45) is 11.8 Å². The second-order valence-corrected chi connectivity index (χ2v) is 6.16. The quantitative estimate of drug-likeness (QED) is 0.887. The van der Waals surface area contributed by atoms with Gasteiger partial charge in [0, 0.05) is 31.9 Å². The van der Waals surface area contributed by atoms with E-state index in [2.05, 4.69) is 10.6 Å². The third-order valence-corrected chi connectivity index (χ3v) is 4.51. The van der Waals surface area contributed by atoms with Crippen molar-refractivity contribution in [2.45, 2.75) is 13.1 Å². The Kier molecular flexibility index (Phi) is 4.58. The van der Waals surface area contributed by atoms with Crippen LogP contribution in [0.15, 0.2) is 18.2 Å². The molecule has 0 unspecified atom stereocenters. The number of fused-ring (bicyclic) bond motifs is 1. The second-order valence-electron chi connectivity index (χ2n) is 6.16. The van der Waals surface area contributed by atoms with Gasteiger partial charge in [0.15, 0.2) is 0 Å². The van der Waals surface area contributed by atoms with Gasteiger partial charge in [0.05, 0.1) is 12.2 Å². The zero-order valence-electron chi connectivity index (χ0n) is 13.3. The number of nitrogens with one attached hydrogen (secondary N) is 2. The van der Waals surface area contributed by atoms with Crippen LogP contribution < -0.4 is 15.4 Å². The van der Waals surface area contributed by atoms with Crippen LogP contribution in [0.3, 0.4) is 0 Å². The van der Waals surface area contributed by atoms with Crippen molar-refractivity contribution >= 4 is 11.7 Å². The Morgan fingerprint density at radius 3 is 2.58 bits per heavy atom. The Balaban J connectivity index is 1.72. The summed E-state index contributed by atoms with van der Waals surface area (Å²) < 4.78 is 44.4. The van der Waals surface area contributed by atoms with E-state index < -0.39 is 11.7 Å². The SMILES string of the molecule is CCOc1ccc(NC(=O)N2C[C@H]3CNC[C@H]3C2)cc1C(F)(F)F. The van der Waals surface area contributed by atoms with Gasteiger partial charge in [-0.25, -0.2) is 4.79 Å². The van der Waals surface area contributed by atoms with Crippen molar-refractivity contribution in [3.05, 3.63) is 23.8 Å². The number of hydrogen-bond acceptors (Lipinski definition) is 3. The Morgan fingerprint density at radius 2 is 2.00 bits per heavy atom. The fraction of sp³-hybridized carbons (Fsp3) is 0.562. The highest BCUT2D eigenvalue weighted by molar-refractivity contribution is 5.89. The van der Waals surface area contributed by atoms with Crippen molar-refractivity contribution in [3.63, 3.8) is 0 Å². The van der Waals surface area contributed by atoms with E-state index in [9.17, 15) is 18.0 Å². The first kappa shape index (κ1) is 16.9. The number of benzene rings is 1. The van der Waals surface area contributed by atoms with Gasteiger partial charge in [-0.15, -0.1) is 0 Å². The lowest BCUT2D eigenvalue weighted by atomic mass is 10.0. The number of carbonyl (C=O) groups excluding carboxylic acids is 1. The van der Waals surface area contributed by atoms with Crippen LogP contribution in [-0.2, 0) is 6.18 Å². The molecule has 0 aromatic heterocycles. The first-order valence-electron chi connectivity index (χ1n) is 7.99. The molecule has 2 saturated heterocycles. The van der Waals surface area contributed by atoms with E-state index >= 15 is 0 Å². The summed E-state index contributed by atoms with van der Waals surface area (Å²) in [5.74, 6) is 0.633. The number of halogens is 3. The summed E-state index contributed by atoms with van der Waals surface area (Å²) in [7, 11) is 0. The highest BCUT2D eigenvalue weighted by Crippen LogP contribution is 2.38. The number of hydrogen-bond donors (Lipinski definition) is 2. The predicted molar refractivity (Wildman–Crippen MR) is 83.1 cm³/mol. The van der Waals surface area contributed by atoms with Gasteiger partial charge >= 0.3 is 12.2 Å². The third kappa shape index (κ3) is 3.43. The molecule has 2 fully saturated rings. The molecule has 5 nitrogen and oxygen atoms in total. The summed E-state index contributed by atoms with van der Waals surface area (Å²) in [6, 6.07) is 3.23. The van der Waals surface area contributed by atoms with E-state index in [0.29, 0.717) is 24.9 Å². The standard InChI is InChI=1S/C16H20F3N3O2/c1-2-24-14-4-3-12(5-13(14)16(17,18)19)21-15(23)22-8-10-6-20-7-11(10)9-22/h3-5,10-11,20H,2,6-9H2,1H3,(H,21,23)/t10-,11+. The molecule has 0 bridgehead atoms. The van der Waals surface area contributed by atoms with Gasteiger partial charge in [-0.3, -0.25) is 0 Å². The highest BCUT2D eigenvalue weighted by atomic mass is 19.4. The number of anilines is 1. The summed E-state index contributed by atoms with van der Waals surface area (Å²) in [5, 5.41) is 5.84. The number of nitrogens with zero attached hydrogens (tertiary/aromatic N) is 1. The van der Waals surface area contributed by atoms with E-state index in [1.54, 1.807) is 11.8 Å². The van der Waals surface area contributed by atoms with Crippen molar-refractivity contribution in [1.82, 2.24) is 10.2 Å². The molecule has 0 saturated carbocycles. The van der Waals surface area contributed by atoms with Crippen molar-refractivity contribution in [2.75, 3.05) is 38.1 Å². The lowest BCUT2D eigenvalue weighted by molar-refractivity contribution is -0.138. The second kappa shape index (κ2) is 6.51. The van der Waals surface area contributed by atoms with Crippen LogP contribution in [0.2, 0.25) is 0 Å². The summed E-state index contributed by atoms with van der Waals surface area (Å²) in [5.41, 5.74) is -0.768. The highest BCUT2D eigenvalue weighted by Gasteiger charge is 2.38. The Labute approximate surface area is 138 Å². The summed E-state index contributed by atoms with van der Waals surface area (Å²) in [6.07, 6.45) is -4.54. The molecule has 2 atom stereocenters. The first-order chi connectivity index (χ1) is 11.4. The number of amides is 2. The third-order valence-electron chi connectivity index (χ3n) is 4.51. The molecule has 0 aliphatic carbocycles. The maximum atomic E-state index is 13.1. The minimum atomic E-state index is -4.54. The lowest BCUT2D eigenvalue weighted by Gasteiger charge is -2.19. The minimum Gasteiger partial charge on any atom is -0.493 e. The molecule has 2 aliphatic heterocycles. The largest absolute Gasteiger partial charge is 0.493 e. The molecule has 0 spiro atoms. The van der Waals surface area contributed by atoms with Crippen LogP contribution in [-0.4, -0.2) is 43.7 Å². The molecule has 2 heterocycles. The summed E-state index contributed by atoms with van der Waals surface area (Å²) >= 11 is 0. The molecule has 8 heteroatoms. The maximum absolute atomic E-state index is 13.1. The molecule has 24 heavy (non-hydrogen) atoms. The van der Waals surface area contributed by atoms with E-state index in [4.69, 9.17) is 4.74 Å². The average molecular weight is 343 g/mol. The van der Waals surface area contributed by atoms with Gasteiger partial charge in [-0.2, -0.15) is 13.2 Å². The molecular weight excluding hydrogens is 323 g/mol. The molecule has 2 amide bonds. The summed E-state index contributed by atoms with van der Waals surface area (Å²) in [4.78, 5) is 14.0. The van der Waals surface area contributed by atoms with Crippen LogP contribution in [0, 0.1) is 11.8 Å². The Hall–Kier alpha value is -1.96. The van der Waals surface area contributed by atoms with Gasteiger partial charge in [0.25, 0.3) is 0 Å². The maximum Gasteiger partial charge on any atom is 0.420 e. The normalized spacial score (nSPS) is 23.2. The van der Waals surface area contributed by atoms with Crippen molar-refractivity contribution < 1.29 is 22.7 Å². The predicted octanol–water partition coefficient (Wildman–Crippen LogP) is 2.79. The zero-order valence-corrected chi connectivity index (χ0v) is 13.3. The van der Waals surface area contributed by atoms with Crippen molar-refractivity contribution in [1.29, 1.82) is 0 Å². The number of carbonyl (C=O) groups is 1. The van der Waals surface area contributed by atoms with Crippen LogP contribution in [0.25, 0.3) is 0 Å². The molecule has 2 aliphatic rings. The van der Waals surface area contributed by atoms with Gasteiger partial charge in [-0.05, 0) is 37.0 Å². The van der Waals surface area contributed by atoms with E-state index in [1.807, 2.05) is 0 Å². The average Bonchev–Trinajstić information content (AvgIpc) is 3.09. The molecule has 1 aromatic carbocycles. The van der Waals surface area contributed by atoms with Gasteiger partial charge < -0.3 is 20.3 Å². The van der Waals surface area contributed by atoms with Gasteiger partial charge in [-0.1, -0.05) is 0 Å². The van der Waals surface area contributed by atoms with Crippen LogP contribution >= 0.6 is 0 Å². The van der Waals surface area contributed by atoms with E-state index in [1.165, 1.54) is 12.1 Å². The Morgan fingerprint density at radius 1 is 1.33 bits per heavy atom. The number of likely N-dealkylation sites (tertiary alicyclic amines) is 1. The first-order valence-corrected chi connectivity index (χ1v) is 7.99. The number of ether oxygens (including phenoxy) is 1. The molecule has 3 rings (SSSR count). The summed E-state index contributed by atoms with van der Waals surface area (Å²) in [6.45, 7) is 4.79. The van der Waals surface area contributed by atoms with Crippen LogP contribution in [0.5, 0.6) is 5.75 Å². The van der Waals surface area contributed by atoms with Gasteiger partial charge in [0.2, 0.25) is 0 Å². The van der Waals surface area contributed by atoms with E-state index in [-0.39, 0.29) is 24.1 Å². The minimum absolute atomic E-state index is 0.117. The zero-order chi connectivity index (χ0) is 17.3. The lowest BCUT2D eigenvalue weighted by Crippen LogP contribution is -2.35. The smallest absolute Gasteiger partial charge is 0.420 e. The topological polar surface area (TPSA) is 53.6 Å². The molecule has 132 valence electrons. The number of urea groups is 1. The van der Waals surface area contributed by atoms with Crippen LogP contribution in [0.1, 0.15) is 12.5 Å². The van der Waals surface area contributed by atoms with E-state index in [0.717, 1.165) is 19.2 Å². The number of alkyl halides is 3. The molecule has 0 radical (unpaired) electrons. The Bertz CT molecular complexity index is 609. The number of rotatable bonds is 3. The molecular formula is C16H20F3N3O2. The fourth-order valence-electron chi connectivity index (χ4n) is 3.33.